The summed E-state index contributed by atoms with van der Waals surface area (Å²) in [6, 6.07) is 38.5. The SMILES string of the molecule is CC1(C)c2ccccc2-c2c1ccc1c2oc2c(C3=CC(C#N)CC=C3n3c4ccccc4c4cc(C#N)ccc43)cccc21. The minimum absolute atomic E-state index is 0.119. The van der Waals surface area contributed by atoms with E-state index < -0.39 is 0 Å². The number of hydrogen-bond acceptors (Lipinski definition) is 3. The van der Waals surface area contributed by atoms with Crippen LogP contribution < -0.4 is 0 Å². The number of aromatic nitrogens is 1. The molecule has 0 bridgehead atoms. The molecular weight excluding hydrogens is 550 g/mol. The van der Waals surface area contributed by atoms with Crippen LogP contribution in [0.5, 0.6) is 0 Å². The van der Waals surface area contributed by atoms with Crippen molar-refractivity contribution in [2.45, 2.75) is 25.7 Å². The van der Waals surface area contributed by atoms with Crippen LogP contribution >= 0.6 is 0 Å². The fourth-order valence-corrected chi connectivity index (χ4v) is 7.79. The Kier molecular flexibility index (Phi) is 5.18. The number of nitriles is 2. The van der Waals surface area contributed by atoms with Gasteiger partial charge in [0.25, 0.3) is 0 Å². The molecule has 45 heavy (non-hydrogen) atoms. The Labute approximate surface area is 260 Å². The molecule has 0 amide bonds. The molecule has 7 aromatic rings. The molecule has 0 aliphatic heterocycles. The van der Waals surface area contributed by atoms with Crippen LogP contribution in [0.3, 0.4) is 0 Å². The summed E-state index contributed by atoms with van der Waals surface area (Å²) in [5.74, 6) is -0.251. The number of para-hydroxylation sites is 2. The Hall–Kier alpha value is -5.84. The molecule has 0 saturated heterocycles. The highest BCUT2D eigenvalue weighted by molar-refractivity contribution is 6.18. The molecule has 1 atom stereocenters. The second-order valence-electron chi connectivity index (χ2n) is 12.7. The van der Waals surface area contributed by atoms with Crippen LogP contribution in [0.2, 0.25) is 0 Å². The number of rotatable bonds is 2. The first-order valence-corrected chi connectivity index (χ1v) is 15.3. The Morgan fingerprint density at radius 2 is 1.49 bits per heavy atom. The molecule has 0 N–H and O–H groups in total. The molecular formula is C41H27N3O. The van der Waals surface area contributed by atoms with E-state index in [0.29, 0.717) is 12.0 Å². The van der Waals surface area contributed by atoms with Crippen molar-refractivity contribution in [2.75, 3.05) is 0 Å². The van der Waals surface area contributed by atoms with E-state index in [4.69, 9.17) is 4.42 Å². The molecule has 1 unspecified atom stereocenters. The number of nitrogens with zero attached hydrogens (tertiary/aromatic N) is 3. The summed E-state index contributed by atoms with van der Waals surface area (Å²) < 4.78 is 9.25. The van der Waals surface area contributed by atoms with Gasteiger partial charge in [0.15, 0.2) is 0 Å². The fourth-order valence-electron chi connectivity index (χ4n) is 7.79. The maximum atomic E-state index is 10.1. The molecule has 0 saturated carbocycles. The van der Waals surface area contributed by atoms with Crippen molar-refractivity contribution >= 4 is 55.0 Å². The number of hydrogen-bond donors (Lipinski definition) is 0. The minimum Gasteiger partial charge on any atom is -0.455 e. The van der Waals surface area contributed by atoms with Gasteiger partial charge in [0, 0.05) is 49.4 Å². The molecule has 0 spiro atoms. The summed E-state index contributed by atoms with van der Waals surface area (Å²) in [7, 11) is 0. The van der Waals surface area contributed by atoms with Gasteiger partial charge in [-0.15, -0.1) is 0 Å². The predicted molar refractivity (Wildman–Crippen MR) is 181 cm³/mol. The van der Waals surface area contributed by atoms with Gasteiger partial charge in [0.1, 0.15) is 11.2 Å². The van der Waals surface area contributed by atoms with Crippen molar-refractivity contribution in [3.05, 3.63) is 131 Å². The van der Waals surface area contributed by atoms with Crippen LogP contribution in [0.1, 0.15) is 42.5 Å². The molecule has 2 heterocycles. The molecule has 5 aromatic carbocycles. The van der Waals surface area contributed by atoms with Gasteiger partial charge in [0.2, 0.25) is 0 Å². The van der Waals surface area contributed by atoms with Gasteiger partial charge in [-0.25, -0.2) is 0 Å². The van der Waals surface area contributed by atoms with Crippen molar-refractivity contribution in [2.24, 2.45) is 5.92 Å². The third-order valence-electron chi connectivity index (χ3n) is 9.92. The highest BCUT2D eigenvalue weighted by Gasteiger charge is 2.37. The summed E-state index contributed by atoms with van der Waals surface area (Å²) in [5, 5.41) is 24.0. The predicted octanol–water partition coefficient (Wildman–Crippen LogP) is 10.3. The third-order valence-corrected chi connectivity index (χ3v) is 9.92. The summed E-state index contributed by atoms with van der Waals surface area (Å²) >= 11 is 0. The third kappa shape index (κ3) is 3.40. The van der Waals surface area contributed by atoms with Crippen molar-refractivity contribution in [1.29, 1.82) is 10.5 Å². The average Bonchev–Trinajstić information content (AvgIpc) is 3.70. The van der Waals surface area contributed by atoms with Crippen LogP contribution in [0, 0.1) is 28.6 Å². The van der Waals surface area contributed by atoms with Gasteiger partial charge in [-0.2, -0.15) is 10.5 Å². The minimum atomic E-state index is -0.251. The number of furan rings is 1. The van der Waals surface area contributed by atoms with Crippen LogP contribution in [0.25, 0.3) is 66.1 Å². The van der Waals surface area contributed by atoms with Gasteiger partial charge in [-0.1, -0.05) is 98.8 Å². The lowest BCUT2D eigenvalue weighted by Gasteiger charge is -2.22. The van der Waals surface area contributed by atoms with E-state index >= 15 is 0 Å². The standard InChI is InChI=1S/C41H27N3O/c1-41(2)33-12-5-3-9-30(33)38-34(41)17-16-29-27-10-7-11-28(39(27)45-40(29)38)32-21-25(23-43)15-19-37(32)44-35-13-6-4-8-26(35)31-20-24(22-42)14-18-36(31)44/h3-14,16-21,25H,15H2,1-2H3. The van der Waals surface area contributed by atoms with Gasteiger partial charge in [0.05, 0.1) is 34.7 Å². The first-order valence-electron chi connectivity index (χ1n) is 15.3. The van der Waals surface area contributed by atoms with E-state index in [1.165, 1.54) is 22.3 Å². The maximum absolute atomic E-state index is 10.1. The van der Waals surface area contributed by atoms with Gasteiger partial charge in [-0.05, 0) is 47.4 Å². The van der Waals surface area contributed by atoms with Crippen LogP contribution in [0.4, 0.5) is 0 Å². The van der Waals surface area contributed by atoms with Gasteiger partial charge < -0.3 is 8.98 Å². The van der Waals surface area contributed by atoms with Crippen molar-refractivity contribution in [3.8, 4) is 23.3 Å². The molecule has 0 radical (unpaired) electrons. The first-order chi connectivity index (χ1) is 22.0. The van der Waals surface area contributed by atoms with E-state index in [-0.39, 0.29) is 11.3 Å². The molecule has 9 rings (SSSR count). The quantitative estimate of drug-likeness (QED) is 0.205. The number of benzene rings is 5. The molecule has 2 aliphatic rings. The number of allylic oxidation sites excluding steroid dienone is 4. The van der Waals surface area contributed by atoms with E-state index in [0.717, 1.165) is 60.6 Å². The van der Waals surface area contributed by atoms with Crippen molar-refractivity contribution in [1.82, 2.24) is 4.57 Å². The average molecular weight is 578 g/mol. The van der Waals surface area contributed by atoms with E-state index in [9.17, 15) is 10.5 Å². The van der Waals surface area contributed by atoms with Crippen LogP contribution in [-0.2, 0) is 5.41 Å². The lowest BCUT2D eigenvalue weighted by atomic mass is 9.82. The number of fused-ring (bicyclic) bond motifs is 10. The topological polar surface area (TPSA) is 65.7 Å². The van der Waals surface area contributed by atoms with Crippen molar-refractivity contribution < 1.29 is 4.42 Å². The van der Waals surface area contributed by atoms with Gasteiger partial charge in [-0.3, -0.25) is 0 Å². The molecule has 4 nitrogen and oxygen atoms in total. The Morgan fingerprint density at radius 3 is 2.36 bits per heavy atom. The summed E-state index contributed by atoms with van der Waals surface area (Å²) in [5.41, 5.74) is 12.3. The lowest BCUT2D eigenvalue weighted by Crippen LogP contribution is -2.14. The Morgan fingerprint density at radius 1 is 0.733 bits per heavy atom. The summed E-state index contributed by atoms with van der Waals surface area (Å²) in [6.07, 6.45) is 4.91. The van der Waals surface area contributed by atoms with E-state index in [1.807, 2.05) is 30.3 Å². The normalized spacial score (nSPS) is 16.8. The molecule has 2 aromatic heterocycles. The smallest absolute Gasteiger partial charge is 0.143 e. The second kappa shape index (κ2) is 9.08. The maximum Gasteiger partial charge on any atom is 0.143 e. The largest absolute Gasteiger partial charge is 0.455 e. The monoisotopic (exact) mass is 577 g/mol. The van der Waals surface area contributed by atoms with Gasteiger partial charge >= 0.3 is 0 Å². The highest BCUT2D eigenvalue weighted by atomic mass is 16.3. The van der Waals surface area contributed by atoms with Crippen molar-refractivity contribution in [3.63, 3.8) is 0 Å². The summed E-state index contributed by atoms with van der Waals surface area (Å²) in [6.45, 7) is 4.57. The van der Waals surface area contributed by atoms with Crippen LogP contribution in [0.15, 0.2) is 114 Å². The zero-order chi connectivity index (χ0) is 30.4. The summed E-state index contributed by atoms with van der Waals surface area (Å²) in [4.78, 5) is 0. The fraction of sp³-hybridized carbons (Fsp3) is 0.122. The molecule has 2 aliphatic carbocycles. The highest BCUT2D eigenvalue weighted by Crippen LogP contribution is 2.53. The molecule has 0 fully saturated rings. The lowest BCUT2D eigenvalue weighted by molar-refractivity contribution is 0.653. The first kappa shape index (κ1) is 25.6. The van der Waals surface area contributed by atoms with E-state index in [2.05, 4.69) is 109 Å². The van der Waals surface area contributed by atoms with Crippen LogP contribution in [-0.4, -0.2) is 4.57 Å². The zero-order valence-corrected chi connectivity index (χ0v) is 24.9. The Balaban J connectivity index is 1.32. The Bertz CT molecular complexity index is 2570. The second-order valence-corrected chi connectivity index (χ2v) is 12.7. The van der Waals surface area contributed by atoms with E-state index in [1.54, 1.807) is 0 Å². The molecule has 4 heteroatoms. The molecule has 212 valence electrons. The zero-order valence-electron chi connectivity index (χ0n) is 24.9.